The van der Waals surface area contributed by atoms with E-state index in [-0.39, 0.29) is 0 Å². The maximum Gasteiger partial charge on any atom is 0.143 e. The molecule has 1 aromatic rings. The Hall–Kier alpha value is 0.01000. The highest BCUT2D eigenvalue weighted by Crippen LogP contribution is 2.33. The second-order valence-corrected chi connectivity index (χ2v) is 5.59. The summed E-state index contributed by atoms with van der Waals surface area (Å²) >= 11 is 15.2. The van der Waals surface area contributed by atoms with Gasteiger partial charge in [0.2, 0.25) is 0 Å². The topological polar surface area (TPSA) is 16.1 Å². The molecular weight excluding hydrogens is 311 g/mol. The third-order valence-electron chi connectivity index (χ3n) is 2.90. The predicted molar refractivity (Wildman–Crippen MR) is 72.7 cm³/mol. The first-order chi connectivity index (χ1) is 7.72. The van der Waals surface area contributed by atoms with Crippen LogP contribution in [0, 0.1) is 0 Å². The zero-order chi connectivity index (χ0) is 11.5. The fourth-order valence-corrected chi connectivity index (χ4v) is 2.92. The number of hydrogen-bond acceptors (Lipinski definition) is 2. The van der Waals surface area contributed by atoms with Crippen molar-refractivity contribution in [2.24, 2.45) is 0 Å². The first-order valence-electron chi connectivity index (χ1n) is 5.36. The van der Waals surface area contributed by atoms with E-state index >= 15 is 0 Å². The van der Waals surface area contributed by atoms with E-state index in [9.17, 15) is 0 Å². The minimum atomic E-state index is 0.587. The molecule has 0 bridgehead atoms. The highest BCUT2D eigenvalue weighted by Gasteiger charge is 2.26. The Morgan fingerprint density at radius 1 is 1.50 bits per heavy atom. The van der Waals surface area contributed by atoms with Crippen LogP contribution in [-0.2, 0) is 0 Å². The highest BCUT2D eigenvalue weighted by atomic mass is 79.9. The number of aromatic nitrogens is 1. The van der Waals surface area contributed by atoms with Crippen molar-refractivity contribution in [2.75, 3.05) is 17.3 Å². The van der Waals surface area contributed by atoms with E-state index in [0.717, 1.165) is 16.8 Å². The zero-order valence-electron chi connectivity index (χ0n) is 8.80. The van der Waals surface area contributed by atoms with Crippen LogP contribution in [0.5, 0.6) is 0 Å². The maximum absolute atomic E-state index is 5.89. The summed E-state index contributed by atoms with van der Waals surface area (Å²) in [6, 6.07) is 2.47. The first kappa shape index (κ1) is 12.5. The number of rotatable bonds is 4. The quantitative estimate of drug-likeness (QED) is 0.776. The van der Waals surface area contributed by atoms with Crippen molar-refractivity contribution in [1.82, 2.24) is 4.98 Å². The second-order valence-electron chi connectivity index (χ2n) is 3.93. The molecule has 2 rings (SSSR count). The number of nitrogens with zero attached hydrogens (tertiary/aromatic N) is 2. The largest absolute Gasteiger partial charge is 0.352 e. The molecule has 0 atom stereocenters. The average Bonchev–Trinajstić information content (AvgIpc) is 2.14. The molecule has 0 aromatic carbocycles. The monoisotopic (exact) mass is 322 g/mol. The molecule has 0 amide bonds. The van der Waals surface area contributed by atoms with Crippen molar-refractivity contribution in [3.8, 4) is 0 Å². The minimum absolute atomic E-state index is 0.587. The van der Waals surface area contributed by atoms with Gasteiger partial charge in [-0.2, -0.15) is 0 Å². The minimum Gasteiger partial charge on any atom is -0.352 e. The lowest BCUT2D eigenvalue weighted by molar-refractivity contribution is 0.388. The molecule has 0 radical (unpaired) electrons. The van der Waals surface area contributed by atoms with Crippen LogP contribution in [0.25, 0.3) is 0 Å². The molecule has 1 saturated carbocycles. The van der Waals surface area contributed by atoms with Crippen LogP contribution in [0.1, 0.15) is 19.3 Å². The lowest BCUT2D eigenvalue weighted by Gasteiger charge is -2.38. The molecule has 1 fully saturated rings. The summed E-state index contributed by atoms with van der Waals surface area (Å²) in [6.07, 6.45) is 5.44. The Bertz CT molecular complexity index is 369. The molecule has 2 nitrogen and oxygen atoms in total. The molecule has 0 saturated heterocycles. The van der Waals surface area contributed by atoms with Gasteiger partial charge >= 0.3 is 0 Å². The van der Waals surface area contributed by atoms with Gasteiger partial charge in [0.1, 0.15) is 5.82 Å². The molecule has 5 heteroatoms. The van der Waals surface area contributed by atoms with E-state index < -0.39 is 0 Å². The van der Waals surface area contributed by atoms with Gasteiger partial charge in [-0.15, -0.1) is 11.6 Å². The van der Waals surface area contributed by atoms with Crippen LogP contribution >= 0.6 is 39.1 Å². The van der Waals surface area contributed by atoms with E-state index in [1.807, 2.05) is 6.07 Å². The van der Waals surface area contributed by atoms with E-state index in [1.165, 1.54) is 19.3 Å². The van der Waals surface area contributed by atoms with Crippen LogP contribution in [0.3, 0.4) is 0 Å². The van der Waals surface area contributed by atoms with Crippen LogP contribution in [0.2, 0.25) is 5.02 Å². The van der Waals surface area contributed by atoms with Gasteiger partial charge in [-0.1, -0.05) is 11.6 Å². The number of pyridine rings is 1. The molecular formula is C11H13BrCl2N2. The third kappa shape index (κ3) is 2.63. The molecule has 0 N–H and O–H groups in total. The summed E-state index contributed by atoms with van der Waals surface area (Å²) in [7, 11) is 0. The van der Waals surface area contributed by atoms with Crippen molar-refractivity contribution in [2.45, 2.75) is 25.3 Å². The fraction of sp³-hybridized carbons (Fsp3) is 0.545. The highest BCUT2D eigenvalue weighted by molar-refractivity contribution is 9.10. The van der Waals surface area contributed by atoms with Crippen LogP contribution in [-0.4, -0.2) is 23.5 Å². The Morgan fingerprint density at radius 2 is 2.25 bits per heavy atom. The molecule has 16 heavy (non-hydrogen) atoms. The molecule has 0 aliphatic heterocycles. The zero-order valence-corrected chi connectivity index (χ0v) is 11.9. The van der Waals surface area contributed by atoms with Gasteiger partial charge in [0.05, 0.1) is 9.50 Å². The average molecular weight is 324 g/mol. The summed E-state index contributed by atoms with van der Waals surface area (Å²) in [5, 5.41) is 0.648. The predicted octanol–water partition coefficient (Wildman–Crippen LogP) is 4.10. The van der Waals surface area contributed by atoms with E-state index in [1.54, 1.807) is 6.20 Å². The summed E-state index contributed by atoms with van der Waals surface area (Å²) in [4.78, 5) is 6.66. The van der Waals surface area contributed by atoms with Gasteiger partial charge in [0.25, 0.3) is 0 Å². The third-order valence-corrected chi connectivity index (χ3v) is 3.86. The van der Waals surface area contributed by atoms with Gasteiger partial charge in [-0.05, 0) is 41.3 Å². The van der Waals surface area contributed by atoms with Crippen molar-refractivity contribution in [3.05, 3.63) is 21.8 Å². The van der Waals surface area contributed by atoms with Gasteiger partial charge in [-0.25, -0.2) is 4.98 Å². The lowest BCUT2D eigenvalue weighted by Crippen LogP contribution is -2.42. The summed E-state index contributed by atoms with van der Waals surface area (Å²) < 4.78 is 0.942. The van der Waals surface area contributed by atoms with Gasteiger partial charge in [-0.3, -0.25) is 0 Å². The SMILES string of the molecule is ClCCN(c1ncc(Cl)cc1Br)C1CCC1. The van der Waals surface area contributed by atoms with Crippen molar-refractivity contribution >= 4 is 44.9 Å². The lowest BCUT2D eigenvalue weighted by atomic mass is 9.91. The summed E-state index contributed by atoms with van der Waals surface area (Å²) in [5.74, 6) is 1.57. The van der Waals surface area contributed by atoms with Crippen molar-refractivity contribution in [1.29, 1.82) is 0 Å². The Kier molecular flexibility index (Phi) is 4.34. The number of hydrogen-bond donors (Lipinski definition) is 0. The molecule has 0 spiro atoms. The maximum atomic E-state index is 5.89. The number of halogens is 3. The Labute approximate surface area is 114 Å². The van der Waals surface area contributed by atoms with Crippen LogP contribution in [0.4, 0.5) is 5.82 Å². The number of anilines is 1. The molecule has 0 unspecified atom stereocenters. The molecule has 1 heterocycles. The Morgan fingerprint density at radius 3 is 2.75 bits per heavy atom. The summed E-state index contributed by atoms with van der Waals surface area (Å²) in [6.45, 7) is 0.833. The van der Waals surface area contributed by atoms with Crippen LogP contribution < -0.4 is 4.90 Å². The molecule has 1 aliphatic rings. The molecule has 1 aromatic heterocycles. The van der Waals surface area contributed by atoms with Crippen molar-refractivity contribution in [3.63, 3.8) is 0 Å². The first-order valence-corrected chi connectivity index (χ1v) is 7.06. The van der Waals surface area contributed by atoms with Crippen molar-refractivity contribution < 1.29 is 0 Å². The summed E-state index contributed by atoms with van der Waals surface area (Å²) in [5.41, 5.74) is 0. The van der Waals surface area contributed by atoms with Gasteiger partial charge in [0.15, 0.2) is 0 Å². The van der Waals surface area contributed by atoms with Gasteiger partial charge in [0, 0.05) is 24.7 Å². The molecule has 1 aliphatic carbocycles. The normalized spacial score (nSPS) is 15.9. The smallest absolute Gasteiger partial charge is 0.143 e. The van der Waals surface area contributed by atoms with Crippen LogP contribution in [0.15, 0.2) is 16.7 Å². The number of alkyl halides is 1. The van der Waals surface area contributed by atoms with E-state index in [4.69, 9.17) is 23.2 Å². The van der Waals surface area contributed by atoms with E-state index in [0.29, 0.717) is 16.9 Å². The second kappa shape index (κ2) is 5.56. The fourth-order valence-electron chi connectivity index (χ4n) is 1.87. The standard InChI is InChI=1S/C11H13BrCl2N2/c12-10-6-8(14)7-15-11(10)16(5-4-13)9-2-1-3-9/h6-7,9H,1-5H2. The Balaban J connectivity index is 2.23. The molecule has 88 valence electrons. The van der Waals surface area contributed by atoms with E-state index in [2.05, 4.69) is 25.8 Å². The van der Waals surface area contributed by atoms with Gasteiger partial charge < -0.3 is 4.90 Å².